The fourth-order valence-electron chi connectivity index (χ4n) is 1.49. The number of nitrogens with one attached hydrogen (secondary N) is 1. The van der Waals surface area contributed by atoms with Gasteiger partial charge in [-0.3, -0.25) is 4.79 Å². The molecule has 0 heterocycles. The number of carbonyl (C=O) groups excluding carboxylic acids is 1. The summed E-state index contributed by atoms with van der Waals surface area (Å²) in [7, 11) is 1.53. The molecule has 1 rings (SSSR count). The lowest BCUT2D eigenvalue weighted by atomic mass is 10.0. The molecule has 0 spiro atoms. The summed E-state index contributed by atoms with van der Waals surface area (Å²) in [6, 6.07) is 4.67. The van der Waals surface area contributed by atoms with Crippen LogP contribution < -0.4 is 15.8 Å². The van der Waals surface area contributed by atoms with Crippen molar-refractivity contribution in [2.75, 3.05) is 19.0 Å². The van der Waals surface area contributed by atoms with Gasteiger partial charge in [-0.25, -0.2) is 0 Å². The topological polar surface area (TPSA) is 84.6 Å². The van der Waals surface area contributed by atoms with Gasteiger partial charge in [-0.15, -0.1) is 0 Å². The van der Waals surface area contributed by atoms with Crippen molar-refractivity contribution < 1.29 is 14.6 Å². The number of carbonyl (C=O) groups is 1. The molecular weight excluding hydrogens is 232 g/mol. The van der Waals surface area contributed by atoms with Crippen LogP contribution in [0.25, 0.3) is 0 Å². The predicted octanol–water partition coefficient (Wildman–Crippen LogP) is 1.08. The zero-order valence-electron chi connectivity index (χ0n) is 10.9. The van der Waals surface area contributed by atoms with Gasteiger partial charge in [0.1, 0.15) is 11.8 Å². The zero-order chi connectivity index (χ0) is 13.7. The zero-order valence-corrected chi connectivity index (χ0v) is 10.9. The number of aliphatic hydroxyl groups excluding tert-OH is 1. The van der Waals surface area contributed by atoms with E-state index in [9.17, 15) is 4.79 Å². The lowest BCUT2D eigenvalue weighted by Gasteiger charge is -2.15. The first-order valence-corrected chi connectivity index (χ1v) is 5.84. The lowest BCUT2D eigenvalue weighted by Crippen LogP contribution is -2.38. The maximum Gasteiger partial charge on any atom is 0.243 e. The maximum atomic E-state index is 11.6. The van der Waals surface area contributed by atoms with Gasteiger partial charge in [-0.05, 0) is 23.6 Å². The smallest absolute Gasteiger partial charge is 0.243 e. The van der Waals surface area contributed by atoms with E-state index in [1.165, 1.54) is 7.11 Å². The fourth-order valence-corrected chi connectivity index (χ4v) is 1.49. The molecule has 5 heteroatoms. The molecule has 1 amide bonds. The largest absolute Gasteiger partial charge is 0.495 e. The Morgan fingerprint density at radius 2 is 2.17 bits per heavy atom. The molecule has 0 aliphatic carbocycles. The number of aliphatic hydroxyl groups is 1. The van der Waals surface area contributed by atoms with E-state index in [-0.39, 0.29) is 0 Å². The van der Waals surface area contributed by atoms with Crippen molar-refractivity contribution in [2.24, 2.45) is 5.73 Å². The normalized spacial score (nSPS) is 12.3. The second-order valence-electron chi connectivity index (χ2n) is 4.39. The number of benzene rings is 1. The molecule has 0 saturated heterocycles. The maximum absolute atomic E-state index is 11.6. The molecule has 0 fully saturated rings. The molecule has 18 heavy (non-hydrogen) atoms. The quantitative estimate of drug-likeness (QED) is 0.732. The van der Waals surface area contributed by atoms with Crippen LogP contribution >= 0.6 is 0 Å². The standard InChI is InChI=1S/C13H20N2O3/c1-8(2)9-4-5-12(18-3)11(6-9)15-13(17)10(14)7-16/h4-6,8,10,16H,7,14H2,1-3H3,(H,15,17). The molecule has 4 N–H and O–H groups in total. The highest BCUT2D eigenvalue weighted by Gasteiger charge is 2.15. The van der Waals surface area contributed by atoms with Gasteiger partial charge in [0.2, 0.25) is 5.91 Å². The molecular formula is C13H20N2O3. The molecule has 0 radical (unpaired) electrons. The summed E-state index contributed by atoms with van der Waals surface area (Å²) in [5.74, 6) is 0.479. The van der Waals surface area contributed by atoms with E-state index >= 15 is 0 Å². The minimum absolute atomic E-state index is 0.345. The summed E-state index contributed by atoms with van der Waals surface area (Å²) >= 11 is 0. The second kappa shape index (κ2) is 6.37. The summed E-state index contributed by atoms with van der Waals surface area (Å²) < 4.78 is 5.18. The SMILES string of the molecule is COc1ccc(C(C)C)cc1NC(=O)C(N)CO. The monoisotopic (exact) mass is 252 g/mol. The first kappa shape index (κ1) is 14.5. The van der Waals surface area contributed by atoms with Crippen molar-refractivity contribution >= 4 is 11.6 Å². The lowest BCUT2D eigenvalue weighted by molar-refractivity contribution is -0.118. The molecule has 0 aromatic heterocycles. The van der Waals surface area contributed by atoms with E-state index in [0.717, 1.165) is 5.56 Å². The average Bonchev–Trinajstić information content (AvgIpc) is 2.37. The first-order chi connectivity index (χ1) is 8.49. The van der Waals surface area contributed by atoms with E-state index in [1.54, 1.807) is 6.07 Å². The van der Waals surface area contributed by atoms with Gasteiger partial charge >= 0.3 is 0 Å². The first-order valence-electron chi connectivity index (χ1n) is 5.84. The van der Waals surface area contributed by atoms with Crippen molar-refractivity contribution in [1.29, 1.82) is 0 Å². The third kappa shape index (κ3) is 3.45. The molecule has 0 aliphatic rings. The Kier molecular flexibility index (Phi) is 5.12. The van der Waals surface area contributed by atoms with Crippen LogP contribution in [-0.2, 0) is 4.79 Å². The number of hydrogen-bond donors (Lipinski definition) is 3. The van der Waals surface area contributed by atoms with Crippen molar-refractivity contribution in [3.8, 4) is 5.75 Å². The Bertz CT molecular complexity index is 419. The van der Waals surface area contributed by atoms with Crippen LogP contribution in [0.3, 0.4) is 0 Å². The van der Waals surface area contributed by atoms with Gasteiger partial charge in [0.15, 0.2) is 0 Å². The molecule has 100 valence electrons. The molecule has 0 saturated carbocycles. The van der Waals surface area contributed by atoms with Crippen molar-refractivity contribution in [1.82, 2.24) is 0 Å². The van der Waals surface area contributed by atoms with Crippen LogP contribution in [0.15, 0.2) is 18.2 Å². The number of hydrogen-bond acceptors (Lipinski definition) is 4. The van der Waals surface area contributed by atoms with Crippen molar-refractivity contribution in [3.05, 3.63) is 23.8 Å². The van der Waals surface area contributed by atoms with Crippen LogP contribution in [0.1, 0.15) is 25.3 Å². The number of nitrogens with two attached hydrogens (primary N) is 1. The molecule has 0 aliphatic heterocycles. The van der Waals surface area contributed by atoms with Crippen LogP contribution in [0.2, 0.25) is 0 Å². The molecule has 1 aromatic rings. The second-order valence-corrected chi connectivity index (χ2v) is 4.39. The molecule has 0 bridgehead atoms. The predicted molar refractivity (Wildman–Crippen MR) is 70.8 cm³/mol. The Morgan fingerprint density at radius 1 is 1.50 bits per heavy atom. The summed E-state index contributed by atoms with van der Waals surface area (Å²) in [5.41, 5.74) is 7.10. The highest BCUT2D eigenvalue weighted by Crippen LogP contribution is 2.28. The van der Waals surface area contributed by atoms with Gasteiger partial charge in [-0.1, -0.05) is 19.9 Å². The minimum atomic E-state index is -0.933. The number of rotatable bonds is 5. The van der Waals surface area contributed by atoms with Crippen LogP contribution in [0.4, 0.5) is 5.69 Å². The fraction of sp³-hybridized carbons (Fsp3) is 0.462. The molecule has 5 nitrogen and oxygen atoms in total. The van der Waals surface area contributed by atoms with Crippen LogP contribution in [-0.4, -0.2) is 30.8 Å². The van der Waals surface area contributed by atoms with Gasteiger partial charge in [-0.2, -0.15) is 0 Å². The minimum Gasteiger partial charge on any atom is -0.495 e. The Labute approximate surface area is 107 Å². The molecule has 1 atom stereocenters. The Morgan fingerprint density at radius 3 is 2.67 bits per heavy atom. The Hall–Kier alpha value is -1.59. The van der Waals surface area contributed by atoms with E-state index < -0.39 is 18.6 Å². The highest BCUT2D eigenvalue weighted by atomic mass is 16.5. The number of anilines is 1. The average molecular weight is 252 g/mol. The summed E-state index contributed by atoms with van der Waals surface area (Å²) in [4.78, 5) is 11.6. The van der Waals surface area contributed by atoms with Gasteiger partial charge in [0.05, 0.1) is 19.4 Å². The number of ether oxygens (including phenoxy) is 1. The summed E-state index contributed by atoms with van der Waals surface area (Å²) in [6.07, 6.45) is 0. The van der Waals surface area contributed by atoms with Crippen molar-refractivity contribution in [2.45, 2.75) is 25.8 Å². The van der Waals surface area contributed by atoms with Crippen LogP contribution in [0, 0.1) is 0 Å². The third-order valence-electron chi connectivity index (χ3n) is 2.68. The van der Waals surface area contributed by atoms with Gasteiger partial charge < -0.3 is 20.9 Å². The molecule has 1 unspecified atom stereocenters. The number of amides is 1. The van der Waals surface area contributed by atoms with Crippen molar-refractivity contribution in [3.63, 3.8) is 0 Å². The van der Waals surface area contributed by atoms with E-state index in [4.69, 9.17) is 15.6 Å². The van der Waals surface area contributed by atoms with E-state index in [1.807, 2.05) is 12.1 Å². The van der Waals surface area contributed by atoms with Gasteiger partial charge in [0.25, 0.3) is 0 Å². The van der Waals surface area contributed by atoms with Gasteiger partial charge in [0, 0.05) is 0 Å². The molecule has 1 aromatic carbocycles. The third-order valence-corrected chi connectivity index (χ3v) is 2.68. The summed E-state index contributed by atoms with van der Waals surface area (Å²) in [6.45, 7) is 3.73. The summed E-state index contributed by atoms with van der Waals surface area (Å²) in [5, 5.41) is 11.5. The van der Waals surface area contributed by atoms with E-state index in [2.05, 4.69) is 19.2 Å². The highest BCUT2D eigenvalue weighted by molar-refractivity contribution is 5.96. The number of methoxy groups -OCH3 is 1. The van der Waals surface area contributed by atoms with E-state index in [0.29, 0.717) is 17.4 Å². The Balaban J connectivity index is 2.98. The van der Waals surface area contributed by atoms with Crippen LogP contribution in [0.5, 0.6) is 5.75 Å².